The molecule has 1 fully saturated rings. The number of amides is 1. The first-order valence-corrected chi connectivity index (χ1v) is 13.0. The quantitative estimate of drug-likeness (QED) is 0.290. The summed E-state index contributed by atoms with van der Waals surface area (Å²) in [4.78, 5) is 23.3. The van der Waals surface area contributed by atoms with Crippen LogP contribution in [0.5, 0.6) is 0 Å². The summed E-state index contributed by atoms with van der Waals surface area (Å²) in [6, 6.07) is 7.21. The van der Waals surface area contributed by atoms with Gasteiger partial charge < -0.3 is 15.5 Å². The van der Waals surface area contributed by atoms with E-state index >= 15 is 0 Å². The molecular formula is C27H26ClF3N8O. The van der Waals surface area contributed by atoms with Crippen LogP contribution in [0.15, 0.2) is 55.2 Å². The Bertz CT molecular complexity index is 1500. The Labute approximate surface area is 233 Å². The minimum absolute atomic E-state index is 0.0606. The molecule has 1 aliphatic rings. The molecule has 1 saturated heterocycles. The molecule has 9 nitrogen and oxygen atoms in total. The molecular weight excluding hydrogens is 545 g/mol. The van der Waals surface area contributed by atoms with Crippen molar-refractivity contribution in [2.75, 3.05) is 36.8 Å². The second-order valence-electron chi connectivity index (χ2n) is 9.49. The van der Waals surface area contributed by atoms with Gasteiger partial charge in [0.15, 0.2) is 0 Å². The van der Waals surface area contributed by atoms with E-state index < -0.39 is 22.7 Å². The molecule has 0 bridgehead atoms. The third-order valence-electron chi connectivity index (χ3n) is 6.65. The number of aromatic nitrogens is 5. The number of aryl methyl sites for hydroxylation is 1. The van der Waals surface area contributed by atoms with E-state index in [0.29, 0.717) is 35.7 Å². The minimum Gasteiger partial charge on any atom is -0.383 e. The number of alkyl halides is 3. The number of halogens is 4. The third kappa shape index (κ3) is 6.23. The highest BCUT2D eigenvalue weighted by molar-refractivity contribution is 6.34. The molecule has 3 heterocycles. The van der Waals surface area contributed by atoms with Crippen LogP contribution in [0, 0.1) is 6.92 Å². The molecule has 2 aromatic carbocycles. The van der Waals surface area contributed by atoms with Gasteiger partial charge in [0.2, 0.25) is 0 Å². The molecule has 4 aromatic rings. The maximum Gasteiger partial charge on any atom is 0.417 e. The van der Waals surface area contributed by atoms with Gasteiger partial charge in [-0.2, -0.15) is 13.2 Å². The fourth-order valence-electron chi connectivity index (χ4n) is 4.53. The van der Waals surface area contributed by atoms with Crippen molar-refractivity contribution in [3.05, 3.63) is 77.0 Å². The van der Waals surface area contributed by atoms with Gasteiger partial charge in [-0.25, -0.2) is 14.6 Å². The molecule has 2 N–H and O–H groups in total. The van der Waals surface area contributed by atoms with E-state index in [1.54, 1.807) is 41.5 Å². The second kappa shape index (κ2) is 11.6. The Kier molecular flexibility index (Phi) is 7.99. The number of likely N-dealkylation sites (tertiary alicyclic amines) is 1. The van der Waals surface area contributed by atoms with Crippen LogP contribution in [0.2, 0.25) is 5.02 Å². The molecule has 0 saturated carbocycles. The monoisotopic (exact) mass is 570 g/mol. The molecule has 0 atom stereocenters. The van der Waals surface area contributed by atoms with Crippen LogP contribution in [0.4, 0.5) is 24.5 Å². The average molecular weight is 571 g/mol. The number of anilines is 2. The first-order valence-electron chi connectivity index (χ1n) is 12.7. The van der Waals surface area contributed by atoms with Crippen molar-refractivity contribution in [2.24, 2.45) is 0 Å². The van der Waals surface area contributed by atoms with Crippen LogP contribution in [0.1, 0.15) is 34.3 Å². The van der Waals surface area contributed by atoms with E-state index in [9.17, 15) is 18.0 Å². The molecule has 0 aliphatic carbocycles. The normalized spacial score (nSPS) is 13.9. The van der Waals surface area contributed by atoms with Crippen LogP contribution in [0.25, 0.3) is 16.9 Å². The molecule has 13 heteroatoms. The fourth-order valence-corrected chi connectivity index (χ4v) is 4.81. The molecule has 5 rings (SSSR count). The molecule has 1 amide bonds. The number of carbonyl (C=O) groups is 1. The van der Waals surface area contributed by atoms with Crippen molar-refractivity contribution in [3.8, 4) is 16.9 Å². The zero-order chi connectivity index (χ0) is 28.3. The lowest BCUT2D eigenvalue weighted by molar-refractivity contribution is -0.137. The number of carbonyl (C=O) groups excluding carboxylic acids is 1. The van der Waals surface area contributed by atoms with Crippen molar-refractivity contribution in [2.45, 2.75) is 25.9 Å². The highest BCUT2D eigenvalue weighted by Gasteiger charge is 2.35. The Morgan fingerprint density at radius 2 is 1.85 bits per heavy atom. The fraction of sp³-hybridized carbons (Fsp3) is 0.296. The van der Waals surface area contributed by atoms with E-state index in [1.807, 2.05) is 6.92 Å². The van der Waals surface area contributed by atoms with Crippen LogP contribution in [-0.4, -0.2) is 61.9 Å². The number of benzene rings is 2. The van der Waals surface area contributed by atoms with Crippen molar-refractivity contribution in [3.63, 3.8) is 0 Å². The van der Waals surface area contributed by atoms with Gasteiger partial charge >= 0.3 is 6.18 Å². The number of hydrogen-bond donors (Lipinski definition) is 2. The van der Waals surface area contributed by atoms with E-state index in [2.05, 4.69) is 35.8 Å². The zero-order valence-electron chi connectivity index (χ0n) is 21.5. The van der Waals surface area contributed by atoms with Crippen LogP contribution >= 0.6 is 11.6 Å². The Morgan fingerprint density at radius 1 is 1.10 bits per heavy atom. The third-order valence-corrected chi connectivity index (χ3v) is 7.05. The molecule has 2 aromatic heterocycles. The molecule has 0 spiro atoms. The summed E-state index contributed by atoms with van der Waals surface area (Å²) in [7, 11) is 0. The van der Waals surface area contributed by atoms with Gasteiger partial charge in [-0.1, -0.05) is 22.9 Å². The van der Waals surface area contributed by atoms with Gasteiger partial charge in [-0.3, -0.25) is 4.79 Å². The summed E-state index contributed by atoms with van der Waals surface area (Å²) in [5.74, 6) is -0.708. The van der Waals surface area contributed by atoms with Gasteiger partial charge in [-0.15, -0.1) is 5.10 Å². The van der Waals surface area contributed by atoms with Gasteiger partial charge in [0.25, 0.3) is 5.91 Å². The second-order valence-corrected chi connectivity index (χ2v) is 9.87. The van der Waals surface area contributed by atoms with Crippen molar-refractivity contribution in [1.29, 1.82) is 0 Å². The topological polar surface area (TPSA) is 101 Å². The largest absolute Gasteiger partial charge is 0.417 e. The lowest BCUT2D eigenvalue weighted by atomic mass is 10.1. The standard InChI is InChI=1S/C27H26ClF3N8O/c1-17-4-5-20(12-24(17)39-15-23(36-37-39)19-13-32-16-33-14-19)35-26(40)18-10-21(27(29,30)31)25(28)22(11-18)34-6-9-38-7-2-3-8-38/h4-5,10-16,34H,2-3,6-9H2,1H3,(H,35,40). The molecule has 0 radical (unpaired) electrons. The maximum absolute atomic E-state index is 13.8. The van der Waals surface area contributed by atoms with Crippen LogP contribution in [0.3, 0.4) is 0 Å². The van der Waals surface area contributed by atoms with Gasteiger partial charge in [0.1, 0.15) is 12.0 Å². The number of hydrogen-bond acceptors (Lipinski definition) is 7. The smallest absolute Gasteiger partial charge is 0.383 e. The summed E-state index contributed by atoms with van der Waals surface area (Å²) in [5.41, 5.74) is 1.90. The highest BCUT2D eigenvalue weighted by atomic mass is 35.5. The van der Waals surface area contributed by atoms with E-state index in [4.69, 9.17) is 11.6 Å². The Balaban J connectivity index is 1.37. The van der Waals surface area contributed by atoms with E-state index in [0.717, 1.165) is 37.6 Å². The first kappa shape index (κ1) is 27.5. The molecule has 1 aliphatic heterocycles. The SMILES string of the molecule is Cc1ccc(NC(=O)c2cc(NCCN3CCCC3)c(Cl)c(C(F)(F)F)c2)cc1-n1cc(-c2cncnc2)nn1. The minimum atomic E-state index is -4.73. The predicted octanol–water partition coefficient (Wildman–Crippen LogP) is 5.46. The molecule has 208 valence electrons. The first-order chi connectivity index (χ1) is 19.2. The predicted molar refractivity (Wildman–Crippen MR) is 146 cm³/mol. The lowest BCUT2D eigenvalue weighted by Gasteiger charge is -2.19. The lowest BCUT2D eigenvalue weighted by Crippen LogP contribution is -2.26. The Morgan fingerprint density at radius 3 is 2.58 bits per heavy atom. The Hall–Kier alpha value is -4.03. The summed E-state index contributed by atoms with van der Waals surface area (Å²) in [5, 5.41) is 13.5. The van der Waals surface area contributed by atoms with Gasteiger partial charge in [-0.05, 0) is 62.7 Å². The highest BCUT2D eigenvalue weighted by Crippen LogP contribution is 2.39. The van der Waals surface area contributed by atoms with Crippen molar-refractivity contribution < 1.29 is 18.0 Å². The van der Waals surface area contributed by atoms with Crippen LogP contribution < -0.4 is 10.6 Å². The molecule has 0 unspecified atom stereocenters. The maximum atomic E-state index is 13.8. The molecule has 40 heavy (non-hydrogen) atoms. The van der Waals surface area contributed by atoms with Crippen molar-refractivity contribution in [1.82, 2.24) is 29.9 Å². The number of nitrogens with one attached hydrogen (secondary N) is 2. The summed E-state index contributed by atoms with van der Waals surface area (Å²) in [6.07, 6.45) is 3.82. The van der Waals surface area contributed by atoms with Gasteiger partial charge in [0, 0.05) is 42.3 Å². The van der Waals surface area contributed by atoms with Crippen molar-refractivity contribution >= 4 is 28.9 Å². The van der Waals surface area contributed by atoms with E-state index in [-0.39, 0.29) is 11.3 Å². The number of rotatable bonds is 8. The number of nitrogens with zero attached hydrogens (tertiary/aromatic N) is 6. The van der Waals surface area contributed by atoms with Gasteiger partial charge in [0.05, 0.1) is 28.2 Å². The summed E-state index contributed by atoms with van der Waals surface area (Å²) < 4.78 is 42.9. The summed E-state index contributed by atoms with van der Waals surface area (Å²) >= 11 is 6.13. The average Bonchev–Trinajstić information content (AvgIpc) is 3.63. The van der Waals surface area contributed by atoms with E-state index in [1.165, 1.54) is 12.4 Å². The summed E-state index contributed by atoms with van der Waals surface area (Å²) in [6.45, 7) is 4.85. The zero-order valence-corrected chi connectivity index (χ0v) is 22.3. The van der Waals surface area contributed by atoms with Crippen LogP contribution in [-0.2, 0) is 6.18 Å².